The second-order valence-electron chi connectivity index (χ2n) is 10.3. The fourth-order valence-corrected chi connectivity index (χ4v) is 4.79. The molecule has 8 heteroatoms. The molecular weight excluding hydrogens is 490 g/mol. The third-order valence-electron chi connectivity index (χ3n) is 7.20. The van der Waals surface area contributed by atoms with E-state index in [0.29, 0.717) is 38.6 Å². The minimum absolute atomic E-state index is 0.0665. The smallest absolute Gasteiger partial charge is 0.226 e. The molecule has 0 saturated carbocycles. The minimum Gasteiger partial charge on any atom is -0.493 e. The van der Waals surface area contributed by atoms with Crippen molar-refractivity contribution in [3.63, 3.8) is 0 Å². The van der Waals surface area contributed by atoms with Crippen molar-refractivity contribution in [3.8, 4) is 16.9 Å². The zero-order chi connectivity index (χ0) is 27.9. The molecule has 1 aliphatic heterocycles. The first-order chi connectivity index (χ1) is 19.0. The molecule has 0 aliphatic carbocycles. The number of benzene rings is 2. The second kappa shape index (κ2) is 16.9. The van der Waals surface area contributed by atoms with Crippen LogP contribution in [0.1, 0.15) is 56.6 Å². The van der Waals surface area contributed by atoms with E-state index in [1.807, 2.05) is 6.07 Å². The van der Waals surface area contributed by atoms with Gasteiger partial charge in [-0.05, 0) is 68.6 Å². The predicted molar refractivity (Wildman–Crippen MR) is 158 cm³/mol. The molecule has 0 radical (unpaired) electrons. The van der Waals surface area contributed by atoms with Crippen molar-refractivity contribution >= 4 is 11.9 Å². The molecule has 0 atom stereocenters. The van der Waals surface area contributed by atoms with Crippen LogP contribution in [-0.4, -0.2) is 69.8 Å². The Labute approximate surface area is 234 Å². The van der Waals surface area contributed by atoms with E-state index in [2.05, 4.69) is 71.2 Å². The quantitative estimate of drug-likeness (QED) is 0.153. The summed E-state index contributed by atoms with van der Waals surface area (Å²) in [5.74, 6) is 0.721. The molecule has 4 N–H and O–H groups in total. The third kappa shape index (κ3) is 10.6. The number of carbonyl (C=O) groups excluding carboxylic acids is 1. The summed E-state index contributed by atoms with van der Waals surface area (Å²) < 4.78 is 11.4. The Morgan fingerprint density at radius 1 is 1.05 bits per heavy atom. The van der Waals surface area contributed by atoms with Gasteiger partial charge in [-0.25, -0.2) is 0 Å². The van der Waals surface area contributed by atoms with Crippen molar-refractivity contribution in [3.05, 3.63) is 53.6 Å². The lowest BCUT2D eigenvalue weighted by Crippen LogP contribution is -2.40. The molecule has 3 rings (SSSR count). The number of aryl methyl sites for hydroxylation is 1. The van der Waals surface area contributed by atoms with Gasteiger partial charge in [0.1, 0.15) is 5.75 Å². The normalized spacial score (nSPS) is 14.2. The zero-order valence-corrected chi connectivity index (χ0v) is 24.0. The van der Waals surface area contributed by atoms with Crippen LogP contribution in [-0.2, 0) is 22.5 Å². The monoisotopic (exact) mass is 537 g/mol. The summed E-state index contributed by atoms with van der Waals surface area (Å²) in [6.07, 6.45) is 6.09. The van der Waals surface area contributed by atoms with E-state index in [0.717, 1.165) is 61.3 Å². The summed E-state index contributed by atoms with van der Waals surface area (Å²) in [5.41, 5.74) is 4.51. The first-order valence-electron chi connectivity index (χ1n) is 14.4. The van der Waals surface area contributed by atoms with E-state index in [-0.39, 0.29) is 11.9 Å². The second-order valence-corrected chi connectivity index (χ2v) is 10.3. The number of amides is 1. The van der Waals surface area contributed by atoms with Crippen LogP contribution in [0.15, 0.2) is 42.5 Å². The highest BCUT2D eigenvalue weighted by molar-refractivity contribution is 5.95. The number of hydrogen-bond acceptors (Lipinski definition) is 6. The van der Waals surface area contributed by atoms with Gasteiger partial charge in [0.05, 0.1) is 6.61 Å². The lowest BCUT2D eigenvalue weighted by molar-refractivity contribution is -0.119. The number of hydrogen-bond donors (Lipinski definition) is 4. The molecule has 39 heavy (non-hydrogen) atoms. The average Bonchev–Trinajstić information content (AvgIpc) is 2.95. The highest BCUT2D eigenvalue weighted by atomic mass is 16.5. The largest absolute Gasteiger partial charge is 0.493 e. The molecule has 1 amide bonds. The van der Waals surface area contributed by atoms with E-state index in [1.165, 1.54) is 18.4 Å². The van der Waals surface area contributed by atoms with E-state index >= 15 is 0 Å². The fraction of sp³-hybridized carbons (Fsp3) is 0.548. The van der Waals surface area contributed by atoms with Crippen molar-refractivity contribution in [1.82, 2.24) is 20.9 Å². The summed E-state index contributed by atoms with van der Waals surface area (Å²) >= 11 is 0. The van der Waals surface area contributed by atoms with Crippen molar-refractivity contribution < 1.29 is 14.3 Å². The molecule has 0 aromatic heterocycles. The molecule has 0 bridgehead atoms. The predicted octanol–water partition coefficient (Wildman–Crippen LogP) is 4.33. The Morgan fingerprint density at radius 3 is 2.49 bits per heavy atom. The Kier molecular flexibility index (Phi) is 13.3. The molecule has 8 nitrogen and oxygen atoms in total. The topological polar surface area (TPSA) is 98.7 Å². The number of nitrogens with one attached hydrogen (secondary N) is 4. The number of nitrogens with zero attached hydrogens (tertiary/aromatic N) is 1. The molecule has 1 heterocycles. The maximum atomic E-state index is 12.3. The lowest BCUT2D eigenvalue weighted by Gasteiger charge is -2.31. The van der Waals surface area contributed by atoms with Crippen LogP contribution in [0.25, 0.3) is 11.1 Å². The number of rotatable bonds is 15. The summed E-state index contributed by atoms with van der Waals surface area (Å²) in [5, 5.41) is 16.8. The van der Waals surface area contributed by atoms with Crippen LogP contribution in [0.5, 0.6) is 5.75 Å². The highest BCUT2D eigenvalue weighted by Crippen LogP contribution is 2.32. The maximum Gasteiger partial charge on any atom is 0.226 e. The Balaban J connectivity index is 1.62. The van der Waals surface area contributed by atoms with Gasteiger partial charge >= 0.3 is 0 Å². The van der Waals surface area contributed by atoms with Crippen LogP contribution < -0.4 is 20.7 Å². The van der Waals surface area contributed by atoms with Crippen LogP contribution >= 0.6 is 0 Å². The summed E-state index contributed by atoms with van der Waals surface area (Å²) in [6, 6.07) is 15.6. The molecule has 0 unspecified atom stereocenters. The number of carbonyl (C=O) groups is 1. The van der Waals surface area contributed by atoms with Gasteiger partial charge in [0, 0.05) is 51.3 Å². The van der Waals surface area contributed by atoms with Gasteiger partial charge < -0.3 is 20.1 Å². The molecule has 1 fully saturated rings. The van der Waals surface area contributed by atoms with Crippen molar-refractivity contribution in [2.75, 3.05) is 47.0 Å². The highest BCUT2D eigenvalue weighted by Gasteiger charge is 2.18. The summed E-state index contributed by atoms with van der Waals surface area (Å²) in [4.78, 5) is 14.9. The third-order valence-corrected chi connectivity index (χ3v) is 7.20. The van der Waals surface area contributed by atoms with Gasteiger partial charge in [-0.15, -0.1) is 0 Å². The summed E-state index contributed by atoms with van der Waals surface area (Å²) in [7, 11) is 3.75. The number of methoxy groups -OCH3 is 1. The molecule has 2 aromatic rings. The maximum absolute atomic E-state index is 12.3. The average molecular weight is 538 g/mol. The SMILES string of the molecule is CCCCNC(=N)NC(=O)CCc1ccc(-c2ccc(CN3CCC(NC)CC3)cc2)c(OCCCOC)c1. The summed E-state index contributed by atoms with van der Waals surface area (Å²) in [6.45, 7) is 7.22. The van der Waals surface area contributed by atoms with Crippen LogP contribution in [0, 0.1) is 5.41 Å². The standard InChI is InChI=1S/C31H47N5O3/c1-4-5-17-34-31(32)35-30(37)14-10-24-9-13-28(29(22-24)39-21-6-20-38-3)26-11-7-25(8-12-26)23-36-18-15-27(33-2)16-19-36/h7-9,11-13,22,27,33H,4-6,10,14-21,23H2,1-3H3,(H3,32,34,35,37). The Bertz CT molecular complexity index is 1020. The molecule has 214 valence electrons. The minimum atomic E-state index is -0.165. The molecule has 0 spiro atoms. The van der Waals surface area contributed by atoms with Crippen LogP contribution in [0.4, 0.5) is 0 Å². The zero-order valence-electron chi connectivity index (χ0n) is 24.0. The van der Waals surface area contributed by atoms with Gasteiger partial charge in [0.15, 0.2) is 5.96 Å². The van der Waals surface area contributed by atoms with Crippen molar-refractivity contribution in [1.29, 1.82) is 5.41 Å². The number of piperidine rings is 1. The van der Waals surface area contributed by atoms with E-state index in [1.54, 1.807) is 7.11 Å². The van der Waals surface area contributed by atoms with E-state index in [4.69, 9.17) is 14.9 Å². The fourth-order valence-electron chi connectivity index (χ4n) is 4.79. The van der Waals surface area contributed by atoms with Crippen LogP contribution in [0.3, 0.4) is 0 Å². The molecule has 2 aromatic carbocycles. The van der Waals surface area contributed by atoms with Crippen LogP contribution in [0.2, 0.25) is 0 Å². The number of guanidine groups is 1. The number of unbranched alkanes of at least 4 members (excludes halogenated alkanes) is 1. The van der Waals surface area contributed by atoms with E-state index in [9.17, 15) is 4.79 Å². The van der Waals surface area contributed by atoms with Crippen molar-refractivity contribution in [2.45, 2.75) is 64.5 Å². The van der Waals surface area contributed by atoms with Gasteiger partial charge in [0.2, 0.25) is 5.91 Å². The molecule has 1 aliphatic rings. The first-order valence-corrected chi connectivity index (χ1v) is 14.4. The Hall–Kier alpha value is -2.94. The first kappa shape index (κ1) is 30.6. The van der Waals surface area contributed by atoms with E-state index < -0.39 is 0 Å². The van der Waals surface area contributed by atoms with Gasteiger partial charge in [-0.3, -0.25) is 20.4 Å². The number of likely N-dealkylation sites (tertiary alicyclic amines) is 1. The molecular formula is C31H47N5O3. The van der Waals surface area contributed by atoms with Gasteiger partial charge in [-0.2, -0.15) is 0 Å². The lowest BCUT2D eigenvalue weighted by atomic mass is 9.99. The van der Waals surface area contributed by atoms with Gasteiger partial charge in [0.25, 0.3) is 0 Å². The Morgan fingerprint density at radius 2 is 1.79 bits per heavy atom. The van der Waals surface area contributed by atoms with Gasteiger partial charge in [-0.1, -0.05) is 49.7 Å². The number of ether oxygens (including phenoxy) is 2. The molecule has 1 saturated heterocycles. The van der Waals surface area contributed by atoms with Crippen molar-refractivity contribution in [2.24, 2.45) is 0 Å².